The molecule has 0 radical (unpaired) electrons. The first kappa shape index (κ1) is 14.5. The normalized spacial score (nSPS) is 10.8. The van der Waals surface area contributed by atoms with Crippen LogP contribution in [0.15, 0.2) is 30.5 Å². The molecule has 1 heterocycles. The summed E-state index contributed by atoms with van der Waals surface area (Å²) < 4.78 is 0. The number of pyridine rings is 1. The number of nitrogens with zero attached hydrogens (tertiary/aromatic N) is 1. The van der Waals surface area contributed by atoms with Crippen LogP contribution in [-0.4, -0.2) is 10.1 Å². The van der Waals surface area contributed by atoms with Gasteiger partial charge in [0.1, 0.15) is 5.75 Å². The highest BCUT2D eigenvalue weighted by Crippen LogP contribution is 2.22. The molecule has 0 aliphatic rings. The molecule has 0 aliphatic heterocycles. The van der Waals surface area contributed by atoms with Crippen molar-refractivity contribution in [2.45, 2.75) is 40.3 Å². The summed E-state index contributed by atoms with van der Waals surface area (Å²) >= 11 is 0. The molecule has 0 amide bonds. The highest BCUT2D eigenvalue weighted by molar-refractivity contribution is 5.42. The Hall–Kier alpha value is -1.87. The number of hydrogen-bond acceptors (Lipinski definition) is 3. The molecule has 0 unspecified atom stereocenters. The van der Waals surface area contributed by atoms with Crippen molar-refractivity contribution in [2.75, 3.05) is 0 Å². The van der Waals surface area contributed by atoms with Crippen LogP contribution in [0.5, 0.6) is 5.75 Å². The topological polar surface area (TPSA) is 45.2 Å². The lowest BCUT2D eigenvalue weighted by Gasteiger charge is -2.10. The minimum absolute atomic E-state index is 0.395. The fourth-order valence-electron chi connectivity index (χ4n) is 2.43. The number of rotatable bonds is 5. The third-order valence-electron chi connectivity index (χ3n) is 3.54. The second-order valence-corrected chi connectivity index (χ2v) is 5.14. The molecule has 3 nitrogen and oxygen atoms in total. The van der Waals surface area contributed by atoms with Crippen molar-refractivity contribution in [3.63, 3.8) is 0 Å². The first-order valence-corrected chi connectivity index (χ1v) is 7.04. The number of aromatic hydroxyl groups is 1. The Morgan fingerprint density at radius 1 is 1.15 bits per heavy atom. The van der Waals surface area contributed by atoms with Crippen molar-refractivity contribution in [3.8, 4) is 5.75 Å². The number of phenols is 1. The minimum Gasteiger partial charge on any atom is -0.507 e. The van der Waals surface area contributed by atoms with Crippen LogP contribution in [0, 0.1) is 13.8 Å². The maximum atomic E-state index is 9.77. The molecule has 2 N–H and O–H groups in total. The van der Waals surface area contributed by atoms with Crippen molar-refractivity contribution in [3.05, 3.63) is 58.4 Å². The lowest BCUT2D eigenvalue weighted by atomic mass is 10.1. The molecular weight excluding hydrogens is 248 g/mol. The Balaban J connectivity index is 1.99. The summed E-state index contributed by atoms with van der Waals surface area (Å²) in [5, 5.41) is 13.2. The predicted octanol–water partition coefficient (Wildman–Crippen LogP) is 3.26. The van der Waals surface area contributed by atoms with Crippen molar-refractivity contribution >= 4 is 0 Å². The average Bonchev–Trinajstić information content (AvgIpc) is 2.45. The van der Waals surface area contributed by atoms with Crippen LogP contribution in [0.1, 0.15) is 34.9 Å². The standard InChI is InChI=1S/C17H22N2O/c1-4-15-6-5-7-19-16(15)11-18-10-14-8-12(2)17(20)13(3)9-14/h5-9,18,20H,4,10-11H2,1-3H3. The van der Waals surface area contributed by atoms with Gasteiger partial charge in [-0.1, -0.05) is 25.1 Å². The summed E-state index contributed by atoms with van der Waals surface area (Å²) in [6, 6.07) is 8.15. The SMILES string of the molecule is CCc1cccnc1CNCc1cc(C)c(O)c(C)c1. The second-order valence-electron chi connectivity index (χ2n) is 5.14. The molecule has 1 aromatic heterocycles. The third kappa shape index (κ3) is 3.36. The first-order valence-electron chi connectivity index (χ1n) is 7.04. The molecule has 0 saturated heterocycles. The van der Waals surface area contributed by atoms with Crippen LogP contribution in [0.3, 0.4) is 0 Å². The van der Waals surface area contributed by atoms with Gasteiger partial charge >= 0.3 is 0 Å². The summed E-state index contributed by atoms with van der Waals surface area (Å²) in [5.41, 5.74) is 5.44. The van der Waals surface area contributed by atoms with E-state index in [2.05, 4.69) is 23.3 Å². The summed E-state index contributed by atoms with van der Waals surface area (Å²) in [4.78, 5) is 4.43. The summed E-state index contributed by atoms with van der Waals surface area (Å²) in [5.74, 6) is 0.395. The van der Waals surface area contributed by atoms with Gasteiger partial charge in [-0.25, -0.2) is 0 Å². The van der Waals surface area contributed by atoms with E-state index in [1.54, 1.807) is 0 Å². The maximum absolute atomic E-state index is 9.77. The van der Waals surface area contributed by atoms with Crippen molar-refractivity contribution in [2.24, 2.45) is 0 Å². The summed E-state index contributed by atoms with van der Waals surface area (Å²) in [6.45, 7) is 7.55. The lowest BCUT2D eigenvalue weighted by Crippen LogP contribution is -2.15. The molecule has 0 aliphatic carbocycles. The number of aromatic nitrogens is 1. The largest absolute Gasteiger partial charge is 0.507 e. The Morgan fingerprint density at radius 2 is 1.85 bits per heavy atom. The van der Waals surface area contributed by atoms with Crippen LogP contribution >= 0.6 is 0 Å². The molecule has 0 bridgehead atoms. The summed E-state index contributed by atoms with van der Waals surface area (Å²) in [7, 11) is 0. The number of nitrogens with one attached hydrogen (secondary N) is 1. The van der Waals surface area contributed by atoms with Crippen molar-refractivity contribution in [1.29, 1.82) is 0 Å². The smallest absolute Gasteiger partial charge is 0.121 e. The zero-order chi connectivity index (χ0) is 14.5. The van der Waals surface area contributed by atoms with Crippen LogP contribution < -0.4 is 5.32 Å². The fraction of sp³-hybridized carbons (Fsp3) is 0.353. The monoisotopic (exact) mass is 270 g/mol. The Labute approximate surface area is 120 Å². The van der Waals surface area contributed by atoms with E-state index in [-0.39, 0.29) is 0 Å². The fourth-order valence-corrected chi connectivity index (χ4v) is 2.43. The molecule has 0 spiro atoms. The van der Waals surface area contributed by atoms with Crippen LogP contribution in [0.4, 0.5) is 0 Å². The second kappa shape index (κ2) is 6.53. The van der Waals surface area contributed by atoms with Crippen LogP contribution in [-0.2, 0) is 19.5 Å². The van der Waals surface area contributed by atoms with E-state index < -0.39 is 0 Å². The van der Waals surface area contributed by atoms with Gasteiger partial charge < -0.3 is 10.4 Å². The third-order valence-corrected chi connectivity index (χ3v) is 3.54. The minimum atomic E-state index is 0.395. The molecule has 2 aromatic rings. The zero-order valence-corrected chi connectivity index (χ0v) is 12.4. The molecule has 0 saturated carbocycles. The summed E-state index contributed by atoms with van der Waals surface area (Å²) in [6.07, 6.45) is 2.84. The number of hydrogen-bond donors (Lipinski definition) is 2. The molecule has 1 aromatic carbocycles. The van der Waals surface area contributed by atoms with E-state index in [9.17, 15) is 5.11 Å². The molecule has 0 atom stereocenters. The van der Waals surface area contributed by atoms with E-state index in [1.165, 1.54) is 11.1 Å². The van der Waals surface area contributed by atoms with Gasteiger partial charge in [-0.3, -0.25) is 4.98 Å². The maximum Gasteiger partial charge on any atom is 0.121 e. The van der Waals surface area contributed by atoms with Gasteiger partial charge in [-0.2, -0.15) is 0 Å². The number of aryl methyl sites for hydroxylation is 3. The van der Waals surface area contributed by atoms with E-state index in [1.807, 2.05) is 38.2 Å². The zero-order valence-electron chi connectivity index (χ0n) is 12.4. The van der Waals surface area contributed by atoms with E-state index >= 15 is 0 Å². The number of phenolic OH excluding ortho intramolecular Hbond substituents is 1. The van der Waals surface area contributed by atoms with Gasteiger partial charge in [-0.15, -0.1) is 0 Å². The molecule has 106 valence electrons. The molecule has 0 fully saturated rings. The number of benzene rings is 1. The quantitative estimate of drug-likeness (QED) is 0.876. The van der Waals surface area contributed by atoms with Gasteiger partial charge in [0.2, 0.25) is 0 Å². The predicted molar refractivity (Wildman–Crippen MR) is 81.7 cm³/mol. The first-order chi connectivity index (χ1) is 9.61. The van der Waals surface area contributed by atoms with E-state index in [4.69, 9.17) is 0 Å². The van der Waals surface area contributed by atoms with Gasteiger partial charge in [0.15, 0.2) is 0 Å². The van der Waals surface area contributed by atoms with Crippen molar-refractivity contribution < 1.29 is 5.11 Å². The molecule has 3 heteroatoms. The lowest BCUT2D eigenvalue weighted by molar-refractivity contribution is 0.466. The average molecular weight is 270 g/mol. The highest BCUT2D eigenvalue weighted by Gasteiger charge is 2.04. The van der Waals surface area contributed by atoms with Gasteiger partial charge in [0.05, 0.1) is 5.69 Å². The van der Waals surface area contributed by atoms with Gasteiger partial charge in [-0.05, 0) is 48.6 Å². The molecular formula is C17H22N2O. The van der Waals surface area contributed by atoms with Crippen molar-refractivity contribution in [1.82, 2.24) is 10.3 Å². The van der Waals surface area contributed by atoms with E-state index in [0.29, 0.717) is 5.75 Å². The Morgan fingerprint density at radius 3 is 2.50 bits per heavy atom. The van der Waals surface area contributed by atoms with Crippen LogP contribution in [0.2, 0.25) is 0 Å². The van der Waals surface area contributed by atoms with Crippen LogP contribution in [0.25, 0.3) is 0 Å². The van der Waals surface area contributed by atoms with E-state index in [0.717, 1.165) is 36.3 Å². The molecule has 2 rings (SSSR count). The van der Waals surface area contributed by atoms with Gasteiger partial charge in [0.25, 0.3) is 0 Å². The Kier molecular flexibility index (Phi) is 4.74. The van der Waals surface area contributed by atoms with Gasteiger partial charge in [0, 0.05) is 19.3 Å². The molecule has 20 heavy (non-hydrogen) atoms. The Bertz CT molecular complexity index is 570. The highest BCUT2D eigenvalue weighted by atomic mass is 16.3.